The van der Waals surface area contributed by atoms with Crippen molar-refractivity contribution in [3.8, 4) is 6.01 Å². The summed E-state index contributed by atoms with van der Waals surface area (Å²) in [5, 5.41) is 8.43. The molecule has 8 nitrogen and oxygen atoms in total. The van der Waals surface area contributed by atoms with Gasteiger partial charge in [0.05, 0.1) is 42.5 Å². The number of hydrogen-bond donors (Lipinski definition) is 2. The van der Waals surface area contributed by atoms with Crippen molar-refractivity contribution in [2.75, 3.05) is 17.3 Å². The number of halogens is 4. The number of H-pyrrole nitrogens is 1. The first kappa shape index (κ1) is 21.4. The summed E-state index contributed by atoms with van der Waals surface area (Å²) in [6.07, 6.45) is -0.0943. The lowest BCUT2D eigenvalue weighted by atomic mass is 10.2. The lowest BCUT2D eigenvalue weighted by Gasteiger charge is -2.22. The fourth-order valence-electron chi connectivity index (χ4n) is 2.57. The van der Waals surface area contributed by atoms with Crippen molar-refractivity contribution in [3.63, 3.8) is 0 Å². The van der Waals surface area contributed by atoms with Gasteiger partial charge >= 0.3 is 12.0 Å². The average molecular weight is 441 g/mol. The Labute approximate surface area is 174 Å². The van der Waals surface area contributed by atoms with Crippen LogP contribution in [0.5, 0.6) is 6.01 Å². The Bertz CT molecular complexity index is 1020. The molecule has 3 aromatic rings. The van der Waals surface area contributed by atoms with E-state index in [2.05, 4.69) is 25.5 Å². The van der Waals surface area contributed by atoms with Crippen molar-refractivity contribution in [2.45, 2.75) is 19.9 Å². The quantitative estimate of drug-likeness (QED) is 0.589. The van der Waals surface area contributed by atoms with Crippen molar-refractivity contribution in [2.24, 2.45) is 0 Å². The molecule has 0 aliphatic heterocycles. The number of urea groups is 1. The molecule has 0 aliphatic carbocycles. The second-order valence-electron chi connectivity index (χ2n) is 6.15. The summed E-state index contributed by atoms with van der Waals surface area (Å²) in [6, 6.07) is 3.25. The van der Waals surface area contributed by atoms with Crippen LogP contribution >= 0.6 is 11.6 Å². The Hall–Kier alpha value is -3.34. The third-order valence-electron chi connectivity index (χ3n) is 4.02. The van der Waals surface area contributed by atoms with E-state index >= 15 is 0 Å². The number of anilines is 2. The molecule has 0 spiro atoms. The minimum Gasteiger partial charge on any atom is -0.467 e. The van der Waals surface area contributed by atoms with Crippen LogP contribution in [-0.4, -0.2) is 33.3 Å². The predicted octanol–water partition coefficient (Wildman–Crippen LogP) is 4.49. The average Bonchev–Trinajstić information content (AvgIpc) is 3.19. The highest BCUT2D eigenvalue weighted by molar-refractivity contribution is 6.31. The number of aryl methyl sites for hydroxylation is 1. The van der Waals surface area contributed by atoms with Crippen LogP contribution in [-0.2, 0) is 6.54 Å². The second kappa shape index (κ2) is 8.99. The van der Waals surface area contributed by atoms with E-state index in [1.807, 2.05) is 0 Å². The van der Waals surface area contributed by atoms with Crippen LogP contribution in [0.3, 0.4) is 0 Å². The lowest BCUT2D eigenvalue weighted by Crippen LogP contribution is -2.35. The van der Waals surface area contributed by atoms with Gasteiger partial charge in [0.2, 0.25) is 0 Å². The van der Waals surface area contributed by atoms with Crippen LogP contribution < -0.4 is 15.0 Å². The normalized spacial score (nSPS) is 10.9. The zero-order valence-corrected chi connectivity index (χ0v) is 16.5. The van der Waals surface area contributed by atoms with Gasteiger partial charge in [0.15, 0.2) is 0 Å². The number of ether oxygens (including phenoxy) is 1. The molecule has 2 heterocycles. The summed E-state index contributed by atoms with van der Waals surface area (Å²) >= 11 is 5.84. The van der Waals surface area contributed by atoms with Crippen molar-refractivity contribution in [1.29, 1.82) is 0 Å². The molecule has 2 N–H and O–H groups in total. The Morgan fingerprint density at radius 2 is 2.00 bits per heavy atom. The summed E-state index contributed by atoms with van der Waals surface area (Å²) in [5.74, 6) is -0.591. The molecule has 0 saturated heterocycles. The number of alkyl halides is 2. The molecule has 0 bridgehead atoms. The van der Waals surface area contributed by atoms with Crippen LogP contribution in [0.4, 0.5) is 29.3 Å². The lowest BCUT2D eigenvalue weighted by molar-refractivity contribution is 0.146. The first-order valence-electron chi connectivity index (χ1n) is 8.51. The van der Waals surface area contributed by atoms with Crippen molar-refractivity contribution in [1.82, 2.24) is 20.2 Å². The van der Waals surface area contributed by atoms with E-state index in [9.17, 15) is 18.0 Å². The number of aromatic nitrogens is 4. The molecule has 0 unspecified atom stereocenters. The maximum atomic E-state index is 13.7. The standard InChI is InChI=1S/C18H16ClF3N6O2/c1-9-3-10(4-13(19)15(9)20)25-18(29)28(12-6-23-17(30-2)24-7-12)8-11-5-14(16(21)22)27-26-11/h3-7,16H,8H2,1-2H3,(H,25,29)(H,26,27). The number of nitrogens with zero attached hydrogens (tertiary/aromatic N) is 4. The van der Waals surface area contributed by atoms with Crippen LogP contribution in [0.1, 0.15) is 23.4 Å². The largest absolute Gasteiger partial charge is 0.467 e. The Morgan fingerprint density at radius 3 is 2.57 bits per heavy atom. The smallest absolute Gasteiger partial charge is 0.326 e. The van der Waals surface area contributed by atoms with Gasteiger partial charge in [0, 0.05) is 5.69 Å². The third-order valence-corrected chi connectivity index (χ3v) is 4.29. The van der Waals surface area contributed by atoms with Gasteiger partial charge in [-0.3, -0.25) is 10.00 Å². The maximum absolute atomic E-state index is 13.7. The number of nitrogens with one attached hydrogen (secondary N) is 2. The number of methoxy groups -OCH3 is 1. The van der Waals surface area contributed by atoms with Crippen molar-refractivity contribution < 1.29 is 22.7 Å². The molecule has 0 aliphatic rings. The van der Waals surface area contributed by atoms with Crippen molar-refractivity contribution >= 4 is 29.0 Å². The SMILES string of the molecule is COc1ncc(N(Cc2cc(C(F)F)n[nH]2)C(=O)Nc2cc(C)c(F)c(Cl)c2)cn1. The highest BCUT2D eigenvalue weighted by Crippen LogP contribution is 2.25. The van der Waals surface area contributed by atoms with E-state index < -0.39 is 24.0 Å². The Morgan fingerprint density at radius 1 is 1.30 bits per heavy atom. The third kappa shape index (κ3) is 4.79. The number of carbonyl (C=O) groups excluding carboxylic acids is 1. The van der Waals surface area contributed by atoms with Gasteiger partial charge in [0.1, 0.15) is 11.5 Å². The zero-order chi connectivity index (χ0) is 21.8. The molecule has 2 amide bonds. The van der Waals surface area contributed by atoms with E-state index in [-0.39, 0.29) is 40.2 Å². The summed E-state index contributed by atoms with van der Waals surface area (Å²) < 4.78 is 44.3. The molecule has 1 aromatic carbocycles. The minimum absolute atomic E-state index is 0.0848. The molecule has 12 heteroatoms. The van der Waals surface area contributed by atoms with Gasteiger partial charge in [0.25, 0.3) is 6.43 Å². The van der Waals surface area contributed by atoms with Gasteiger partial charge in [-0.05, 0) is 30.7 Å². The molecule has 3 rings (SSSR count). The monoisotopic (exact) mass is 440 g/mol. The maximum Gasteiger partial charge on any atom is 0.326 e. The second-order valence-corrected chi connectivity index (χ2v) is 6.56. The van der Waals surface area contributed by atoms with Crippen LogP contribution in [0, 0.1) is 12.7 Å². The Kier molecular flexibility index (Phi) is 6.40. The van der Waals surface area contributed by atoms with E-state index in [1.54, 1.807) is 0 Å². The van der Waals surface area contributed by atoms with Gasteiger partial charge in [-0.25, -0.2) is 27.9 Å². The number of carbonyl (C=O) groups is 1. The van der Waals surface area contributed by atoms with E-state index in [4.69, 9.17) is 16.3 Å². The molecule has 0 saturated carbocycles. The first-order chi connectivity index (χ1) is 14.3. The molecule has 0 fully saturated rings. The van der Waals surface area contributed by atoms with E-state index in [0.717, 1.165) is 6.07 Å². The predicted molar refractivity (Wildman–Crippen MR) is 103 cm³/mol. The first-order valence-corrected chi connectivity index (χ1v) is 8.88. The number of aromatic amines is 1. The van der Waals surface area contributed by atoms with E-state index in [1.165, 1.54) is 43.5 Å². The number of rotatable bonds is 6. The summed E-state index contributed by atoms with van der Waals surface area (Å²) in [5.41, 5.74) is 0.557. The minimum atomic E-state index is -2.76. The van der Waals surface area contributed by atoms with Gasteiger partial charge in [-0.2, -0.15) is 5.10 Å². The number of benzene rings is 1. The van der Waals surface area contributed by atoms with Crippen LogP contribution in [0.25, 0.3) is 0 Å². The molecular formula is C18H16ClF3N6O2. The summed E-state index contributed by atoms with van der Waals surface area (Å²) in [7, 11) is 1.39. The molecule has 0 atom stereocenters. The fraction of sp³-hybridized carbons (Fsp3) is 0.222. The van der Waals surface area contributed by atoms with Gasteiger partial charge < -0.3 is 10.1 Å². The van der Waals surface area contributed by atoms with Gasteiger partial charge in [-0.1, -0.05) is 11.6 Å². The molecule has 2 aromatic heterocycles. The highest BCUT2D eigenvalue weighted by atomic mass is 35.5. The fourth-order valence-corrected chi connectivity index (χ4v) is 2.83. The van der Waals surface area contributed by atoms with Crippen molar-refractivity contribution in [3.05, 3.63) is 58.4 Å². The van der Waals surface area contributed by atoms with E-state index in [0.29, 0.717) is 0 Å². The molecule has 158 valence electrons. The van der Waals surface area contributed by atoms with Crippen LogP contribution in [0.15, 0.2) is 30.6 Å². The van der Waals surface area contributed by atoms with Crippen LogP contribution in [0.2, 0.25) is 5.02 Å². The topological polar surface area (TPSA) is 96.0 Å². The Balaban J connectivity index is 1.89. The summed E-state index contributed by atoms with van der Waals surface area (Å²) in [6.45, 7) is 1.36. The molecular weight excluding hydrogens is 425 g/mol. The number of amides is 2. The number of hydrogen-bond acceptors (Lipinski definition) is 5. The zero-order valence-electron chi connectivity index (χ0n) is 15.8. The highest BCUT2D eigenvalue weighted by Gasteiger charge is 2.21. The summed E-state index contributed by atoms with van der Waals surface area (Å²) in [4.78, 5) is 22.0. The van der Waals surface area contributed by atoms with Gasteiger partial charge in [-0.15, -0.1) is 0 Å². The molecule has 0 radical (unpaired) electrons. The molecule has 30 heavy (non-hydrogen) atoms.